The lowest BCUT2D eigenvalue weighted by molar-refractivity contribution is -0.146. The predicted octanol–water partition coefficient (Wildman–Crippen LogP) is 5.00. The topological polar surface area (TPSA) is 79.4 Å². The number of hydrogen-bond acceptors (Lipinski definition) is 6. The average Bonchev–Trinajstić information content (AvgIpc) is 2.62. The first-order valence-electron chi connectivity index (χ1n) is 10.1. The molecule has 1 amide bonds. The van der Waals surface area contributed by atoms with Crippen molar-refractivity contribution in [3.8, 4) is 5.75 Å². The van der Waals surface area contributed by atoms with Gasteiger partial charge >= 0.3 is 0 Å². The van der Waals surface area contributed by atoms with Crippen LogP contribution in [0.4, 0.5) is 21.8 Å². The molecule has 31 heavy (non-hydrogen) atoms. The summed E-state index contributed by atoms with van der Waals surface area (Å²) in [6.07, 6.45) is 2.45. The van der Waals surface area contributed by atoms with Crippen LogP contribution in [0.15, 0.2) is 24.4 Å². The molecule has 1 aromatic heterocycles. The maximum Gasteiger partial charge on any atom is 0.229 e. The van der Waals surface area contributed by atoms with Crippen molar-refractivity contribution in [2.45, 2.75) is 64.6 Å². The minimum Gasteiger partial charge on any atom is -0.495 e. The fourth-order valence-electron chi connectivity index (χ4n) is 4.83. The molecule has 1 aromatic carbocycles. The van der Waals surface area contributed by atoms with Gasteiger partial charge in [-0.15, -0.1) is 0 Å². The fourth-order valence-corrected chi connectivity index (χ4v) is 5.09. The zero-order chi connectivity index (χ0) is 23.0. The Morgan fingerprint density at radius 1 is 1.26 bits per heavy atom. The van der Waals surface area contributed by atoms with Crippen LogP contribution in [-0.2, 0) is 4.79 Å². The molecule has 1 aliphatic rings. The van der Waals surface area contributed by atoms with E-state index < -0.39 is 5.82 Å². The number of halogens is 2. The first kappa shape index (κ1) is 23.1. The van der Waals surface area contributed by atoms with Gasteiger partial charge in [0, 0.05) is 29.7 Å². The predicted molar refractivity (Wildman–Crippen MR) is 121 cm³/mol. The molecule has 0 spiro atoms. The van der Waals surface area contributed by atoms with Gasteiger partial charge in [-0.1, -0.05) is 11.6 Å². The van der Waals surface area contributed by atoms with Crippen LogP contribution in [0.1, 0.15) is 47.5 Å². The second-order valence-electron chi connectivity index (χ2n) is 9.09. The van der Waals surface area contributed by atoms with E-state index in [0.717, 1.165) is 6.20 Å². The van der Waals surface area contributed by atoms with Crippen LogP contribution in [0.25, 0.3) is 0 Å². The standard InChI is InChI=1S/C22H29ClFN5O2/c1-13(30)29-21(2,3)10-15(11-22(29,4)5)26-19-17(24)12-25-20(28-19)27-14-7-8-18(31-6)16(23)9-14/h7-9,12,15H,10-11H2,1-6H3,(H2,25,26,27,28). The number of benzene rings is 1. The molecule has 9 heteroatoms. The van der Waals surface area contributed by atoms with E-state index in [9.17, 15) is 9.18 Å². The molecule has 1 saturated heterocycles. The van der Waals surface area contributed by atoms with Gasteiger partial charge in [0.2, 0.25) is 11.9 Å². The maximum absolute atomic E-state index is 14.5. The normalized spacial score (nSPS) is 17.9. The van der Waals surface area contributed by atoms with Crippen molar-refractivity contribution >= 4 is 35.0 Å². The molecule has 7 nitrogen and oxygen atoms in total. The van der Waals surface area contributed by atoms with E-state index >= 15 is 0 Å². The number of methoxy groups -OCH3 is 1. The van der Waals surface area contributed by atoms with Gasteiger partial charge < -0.3 is 20.3 Å². The fraction of sp³-hybridized carbons (Fsp3) is 0.500. The lowest BCUT2D eigenvalue weighted by Crippen LogP contribution is -2.64. The molecule has 0 saturated carbocycles. The van der Waals surface area contributed by atoms with Crippen LogP contribution in [-0.4, -0.2) is 45.0 Å². The molecule has 0 atom stereocenters. The summed E-state index contributed by atoms with van der Waals surface area (Å²) in [5.41, 5.74) is -0.105. The van der Waals surface area contributed by atoms with Crippen molar-refractivity contribution in [1.29, 1.82) is 0 Å². The number of piperidine rings is 1. The molecular formula is C22H29ClFN5O2. The zero-order valence-electron chi connectivity index (χ0n) is 18.7. The minimum atomic E-state index is -0.539. The monoisotopic (exact) mass is 449 g/mol. The minimum absolute atomic E-state index is 0.0336. The molecule has 3 rings (SSSR count). The summed E-state index contributed by atoms with van der Waals surface area (Å²) in [6, 6.07) is 5.11. The highest BCUT2D eigenvalue weighted by Gasteiger charge is 2.46. The van der Waals surface area contributed by atoms with E-state index in [1.165, 1.54) is 0 Å². The van der Waals surface area contributed by atoms with Gasteiger partial charge in [0.25, 0.3) is 0 Å². The van der Waals surface area contributed by atoms with Gasteiger partial charge in [0.15, 0.2) is 11.6 Å². The molecule has 1 fully saturated rings. The molecule has 2 heterocycles. The number of anilines is 3. The Morgan fingerprint density at radius 2 is 1.90 bits per heavy atom. The van der Waals surface area contributed by atoms with E-state index in [4.69, 9.17) is 16.3 Å². The highest BCUT2D eigenvalue weighted by atomic mass is 35.5. The third kappa shape index (κ3) is 5.01. The first-order valence-corrected chi connectivity index (χ1v) is 10.5. The van der Waals surface area contributed by atoms with Gasteiger partial charge in [-0.25, -0.2) is 9.37 Å². The Morgan fingerprint density at radius 3 is 2.45 bits per heavy atom. The number of likely N-dealkylation sites (tertiary alicyclic amines) is 1. The summed E-state index contributed by atoms with van der Waals surface area (Å²) in [6.45, 7) is 9.70. The maximum atomic E-state index is 14.5. The van der Waals surface area contributed by atoms with Crippen LogP contribution < -0.4 is 15.4 Å². The SMILES string of the molecule is COc1ccc(Nc2ncc(F)c(NC3CC(C)(C)N(C(C)=O)C(C)(C)C3)n2)cc1Cl. The number of amides is 1. The van der Waals surface area contributed by atoms with Crippen molar-refractivity contribution in [2.75, 3.05) is 17.7 Å². The summed E-state index contributed by atoms with van der Waals surface area (Å²) in [4.78, 5) is 22.5. The summed E-state index contributed by atoms with van der Waals surface area (Å²) >= 11 is 6.16. The molecule has 0 radical (unpaired) electrons. The van der Waals surface area contributed by atoms with Crippen molar-refractivity contribution in [3.63, 3.8) is 0 Å². The number of carbonyl (C=O) groups excluding carboxylic acids is 1. The van der Waals surface area contributed by atoms with E-state index in [1.54, 1.807) is 32.2 Å². The number of carbonyl (C=O) groups is 1. The van der Waals surface area contributed by atoms with Crippen LogP contribution in [0.3, 0.4) is 0 Å². The van der Waals surface area contributed by atoms with E-state index in [0.29, 0.717) is 29.3 Å². The highest BCUT2D eigenvalue weighted by molar-refractivity contribution is 6.32. The second-order valence-corrected chi connectivity index (χ2v) is 9.50. The molecule has 2 aromatic rings. The molecular weight excluding hydrogens is 421 g/mol. The summed E-state index contributed by atoms with van der Waals surface area (Å²) < 4.78 is 19.6. The Hall–Kier alpha value is -2.61. The molecule has 1 aliphatic heterocycles. The van der Waals surface area contributed by atoms with Crippen LogP contribution in [0.5, 0.6) is 5.75 Å². The van der Waals surface area contributed by atoms with E-state index in [1.807, 2.05) is 32.6 Å². The Bertz CT molecular complexity index is 964. The molecule has 0 unspecified atom stereocenters. The number of hydrogen-bond donors (Lipinski definition) is 2. The number of nitrogens with zero attached hydrogens (tertiary/aromatic N) is 3. The van der Waals surface area contributed by atoms with Crippen molar-refractivity contribution < 1.29 is 13.9 Å². The molecule has 0 bridgehead atoms. The van der Waals surface area contributed by atoms with Gasteiger partial charge in [-0.3, -0.25) is 4.79 Å². The lowest BCUT2D eigenvalue weighted by Gasteiger charge is -2.55. The van der Waals surface area contributed by atoms with Crippen molar-refractivity contribution in [3.05, 3.63) is 35.2 Å². The van der Waals surface area contributed by atoms with Crippen LogP contribution in [0.2, 0.25) is 5.02 Å². The second kappa shape index (κ2) is 8.49. The van der Waals surface area contributed by atoms with Gasteiger partial charge in [0.1, 0.15) is 5.75 Å². The summed E-state index contributed by atoms with van der Waals surface area (Å²) in [5, 5.41) is 6.70. The quantitative estimate of drug-likeness (QED) is 0.668. The van der Waals surface area contributed by atoms with Crippen LogP contribution >= 0.6 is 11.6 Å². The molecule has 0 aliphatic carbocycles. The Labute approximate surface area is 187 Å². The summed E-state index contributed by atoms with van der Waals surface area (Å²) in [5.74, 6) is 0.403. The third-order valence-electron chi connectivity index (χ3n) is 5.51. The molecule has 168 valence electrons. The smallest absolute Gasteiger partial charge is 0.229 e. The van der Waals surface area contributed by atoms with Crippen molar-refractivity contribution in [1.82, 2.24) is 14.9 Å². The lowest BCUT2D eigenvalue weighted by atomic mass is 9.77. The first-order chi connectivity index (χ1) is 14.4. The zero-order valence-corrected chi connectivity index (χ0v) is 19.5. The Balaban J connectivity index is 1.80. The van der Waals surface area contributed by atoms with E-state index in [2.05, 4.69) is 20.6 Å². The number of ether oxygens (including phenoxy) is 1. The van der Waals surface area contributed by atoms with Crippen molar-refractivity contribution in [2.24, 2.45) is 0 Å². The van der Waals surface area contributed by atoms with Gasteiger partial charge in [-0.05, 0) is 58.7 Å². The van der Waals surface area contributed by atoms with Gasteiger partial charge in [0.05, 0.1) is 18.3 Å². The Kier molecular flexibility index (Phi) is 6.32. The number of rotatable bonds is 5. The number of aromatic nitrogens is 2. The average molecular weight is 450 g/mol. The highest BCUT2D eigenvalue weighted by Crippen LogP contribution is 2.39. The summed E-state index contributed by atoms with van der Waals surface area (Å²) in [7, 11) is 1.54. The van der Waals surface area contributed by atoms with E-state index in [-0.39, 0.29) is 34.8 Å². The number of nitrogens with one attached hydrogen (secondary N) is 2. The third-order valence-corrected chi connectivity index (χ3v) is 5.81. The van der Waals surface area contributed by atoms with Gasteiger partial charge in [-0.2, -0.15) is 4.98 Å². The molecule has 2 N–H and O–H groups in total. The van der Waals surface area contributed by atoms with Crippen LogP contribution in [0, 0.1) is 5.82 Å². The largest absolute Gasteiger partial charge is 0.495 e.